The zero-order valence-corrected chi connectivity index (χ0v) is 5.57. The molecule has 0 aromatic carbocycles. The minimum Gasteiger partial charge on any atom is -2.00 e. The molecule has 0 fully saturated rings. The molecule has 0 bridgehead atoms. The number of rotatable bonds is 0. The van der Waals surface area contributed by atoms with Crippen molar-refractivity contribution < 1.29 is 16.4 Å². The van der Waals surface area contributed by atoms with Crippen molar-refractivity contribution in [1.82, 2.24) is 0 Å². The van der Waals surface area contributed by atoms with Crippen LogP contribution in [0.2, 0.25) is 0 Å². The maximum absolute atomic E-state index is 0. The molecular formula is GaO3P. The average molecular weight is 149 g/mol. The van der Waals surface area contributed by atoms with Crippen molar-refractivity contribution in [2.24, 2.45) is 0 Å². The predicted octanol–water partition coefficient (Wildman–Crippen LogP) is 0.124. The van der Waals surface area contributed by atoms with Crippen molar-refractivity contribution in [2.75, 3.05) is 0 Å². The van der Waals surface area contributed by atoms with Crippen molar-refractivity contribution in [3.05, 3.63) is 0 Å². The third kappa shape index (κ3) is 47.9. The number of hydrogen-bond donors (Lipinski definition) is 0. The van der Waals surface area contributed by atoms with Crippen LogP contribution in [-0.4, -0.2) is 19.8 Å². The van der Waals surface area contributed by atoms with Crippen molar-refractivity contribution in [2.45, 2.75) is 0 Å². The zero-order valence-electron chi connectivity index (χ0n) is 2.25. The van der Waals surface area contributed by atoms with E-state index in [-0.39, 0.29) is 46.1 Å². The third-order valence-corrected chi connectivity index (χ3v) is 0. The van der Waals surface area contributed by atoms with Gasteiger partial charge in [-0.15, -0.1) is 0 Å². The van der Waals surface area contributed by atoms with Crippen molar-refractivity contribution in [3.63, 3.8) is 0 Å². The molecule has 0 aliphatic carbocycles. The summed E-state index contributed by atoms with van der Waals surface area (Å²) >= 11 is 0. The molecule has 5 heavy (non-hydrogen) atoms. The summed E-state index contributed by atoms with van der Waals surface area (Å²) in [5.41, 5.74) is 0. The Morgan fingerprint density at radius 2 is 0.600 bits per heavy atom. The van der Waals surface area contributed by atoms with E-state index in [0.717, 1.165) is 0 Å². The molecule has 0 amide bonds. The van der Waals surface area contributed by atoms with E-state index < -0.39 is 0 Å². The van der Waals surface area contributed by atoms with Gasteiger partial charge in [0.15, 0.2) is 0 Å². The van der Waals surface area contributed by atoms with Crippen LogP contribution in [-0.2, 0) is 16.4 Å². The molecular weight excluding hydrogens is 149 g/mol. The molecule has 5 heteroatoms. The molecule has 3 nitrogen and oxygen atoms in total. The van der Waals surface area contributed by atoms with E-state index in [4.69, 9.17) is 0 Å². The minimum atomic E-state index is 0. The van der Waals surface area contributed by atoms with Gasteiger partial charge in [0, 0.05) is 0 Å². The second kappa shape index (κ2) is 86.0. The first-order valence-electron chi connectivity index (χ1n) is 0. The standard InChI is InChI=1S/Ga.3O.P/q+3;3*-2;+3. The van der Waals surface area contributed by atoms with Crippen molar-refractivity contribution in [1.29, 1.82) is 0 Å². The molecule has 0 aliphatic heterocycles. The van der Waals surface area contributed by atoms with Gasteiger partial charge >= 0.3 is 29.7 Å². The monoisotopic (exact) mass is 148 g/mol. The summed E-state index contributed by atoms with van der Waals surface area (Å²) < 4.78 is 0. The second-order valence-electron chi connectivity index (χ2n) is 0. The fraction of sp³-hybridized carbons (Fsp3) is 0. The van der Waals surface area contributed by atoms with Crippen LogP contribution in [0.1, 0.15) is 0 Å². The zero-order chi connectivity index (χ0) is 0. The Labute approximate surface area is 46.7 Å². The van der Waals surface area contributed by atoms with Gasteiger partial charge in [-0.25, -0.2) is 0 Å². The third-order valence-electron chi connectivity index (χ3n) is 0. The molecule has 0 spiro atoms. The Hall–Kier alpha value is 0.946. The Bertz CT molecular complexity index is 6.85. The molecule has 2 radical (unpaired) electrons. The molecule has 0 aromatic heterocycles. The Kier molecular flexibility index (Phi) is 2790. The van der Waals surface area contributed by atoms with Gasteiger partial charge in [0.2, 0.25) is 0 Å². The van der Waals surface area contributed by atoms with Gasteiger partial charge in [-0.1, -0.05) is 0 Å². The maximum Gasteiger partial charge on any atom is 3.00 e. The summed E-state index contributed by atoms with van der Waals surface area (Å²) in [5.74, 6) is 0. The van der Waals surface area contributed by atoms with Gasteiger partial charge in [0.25, 0.3) is 0 Å². The SMILES string of the molecule is [Ga+3].[O-2].[O-2].[O-2].[P+3]. The summed E-state index contributed by atoms with van der Waals surface area (Å²) in [4.78, 5) is 0. The van der Waals surface area contributed by atoms with Crippen LogP contribution in [0.15, 0.2) is 0 Å². The second-order valence-corrected chi connectivity index (χ2v) is 0. The van der Waals surface area contributed by atoms with E-state index in [1.165, 1.54) is 0 Å². The Morgan fingerprint density at radius 3 is 0.600 bits per heavy atom. The molecule has 0 rings (SSSR count). The van der Waals surface area contributed by atoms with Crippen molar-refractivity contribution in [3.8, 4) is 0 Å². The summed E-state index contributed by atoms with van der Waals surface area (Å²) in [7, 11) is 0. The first-order chi connectivity index (χ1) is 0. The van der Waals surface area contributed by atoms with Crippen molar-refractivity contribution >= 4 is 29.7 Å². The van der Waals surface area contributed by atoms with E-state index in [0.29, 0.717) is 0 Å². The van der Waals surface area contributed by atoms with E-state index in [9.17, 15) is 0 Å². The van der Waals surface area contributed by atoms with Crippen LogP contribution in [0.25, 0.3) is 0 Å². The van der Waals surface area contributed by atoms with Gasteiger partial charge in [-0.2, -0.15) is 0 Å². The topological polar surface area (TPSA) is 85.5 Å². The first kappa shape index (κ1) is 162. The van der Waals surface area contributed by atoms with Gasteiger partial charge in [-0.05, 0) is 0 Å². The fourth-order valence-corrected chi connectivity index (χ4v) is 0. The summed E-state index contributed by atoms with van der Waals surface area (Å²) in [6.45, 7) is 0. The van der Waals surface area contributed by atoms with E-state index >= 15 is 0 Å². The molecule has 0 saturated carbocycles. The van der Waals surface area contributed by atoms with Crippen LogP contribution in [0.3, 0.4) is 0 Å². The van der Waals surface area contributed by atoms with E-state index in [2.05, 4.69) is 0 Å². The van der Waals surface area contributed by atoms with Crippen LogP contribution in [0, 0.1) is 0 Å². The van der Waals surface area contributed by atoms with E-state index in [1.54, 1.807) is 0 Å². The minimum absolute atomic E-state index is 0. The van der Waals surface area contributed by atoms with Gasteiger partial charge in [0.1, 0.15) is 0 Å². The Morgan fingerprint density at radius 1 is 0.600 bits per heavy atom. The average Bonchev–Trinajstić information content (AvgIpc) is 0. The van der Waals surface area contributed by atoms with Crippen LogP contribution >= 0.6 is 9.90 Å². The molecule has 0 aliphatic rings. The summed E-state index contributed by atoms with van der Waals surface area (Å²) in [5, 5.41) is 0. The van der Waals surface area contributed by atoms with Crippen LogP contribution < -0.4 is 0 Å². The van der Waals surface area contributed by atoms with Gasteiger partial charge in [0.05, 0.1) is 0 Å². The van der Waals surface area contributed by atoms with Gasteiger partial charge < -0.3 is 16.4 Å². The normalized spacial score (nSPS) is 0. The molecule has 0 atom stereocenters. The number of hydrogen-bond acceptors (Lipinski definition) is 0. The molecule has 0 N–H and O–H groups in total. The maximum atomic E-state index is 0. The summed E-state index contributed by atoms with van der Waals surface area (Å²) in [6, 6.07) is 0. The van der Waals surface area contributed by atoms with E-state index in [1.807, 2.05) is 0 Å². The summed E-state index contributed by atoms with van der Waals surface area (Å²) in [6.07, 6.45) is 0. The van der Waals surface area contributed by atoms with Crippen LogP contribution in [0.4, 0.5) is 0 Å². The largest absolute Gasteiger partial charge is 3.00 e. The molecule has 0 unspecified atom stereocenters. The molecule has 0 heterocycles. The molecule has 26 valence electrons. The smallest absolute Gasteiger partial charge is 2.00 e. The molecule has 0 saturated heterocycles. The fourth-order valence-electron chi connectivity index (χ4n) is 0. The predicted molar refractivity (Wildman–Crippen MR) is 14.7 cm³/mol. The Balaban J connectivity index is 0. The molecule has 0 aromatic rings. The first-order valence-corrected chi connectivity index (χ1v) is 0. The van der Waals surface area contributed by atoms with Gasteiger partial charge in [-0.3, -0.25) is 0 Å². The van der Waals surface area contributed by atoms with Crippen LogP contribution in [0.5, 0.6) is 0 Å². The quantitative estimate of drug-likeness (QED) is 0.345.